The Morgan fingerprint density at radius 3 is 3.06 bits per heavy atom. The van der Waals surface area contributed by atoms with E-state index in [9.17, 15) is 4.79 Å². The van der Waals surface area contributed by atoms with Gasteiger partial charge in [-0.25, -0.2) is 4.98 Å². The van der Waals surface area contributed by atoms with Crippen molar-refractivity contribution in [3.8, 4) is 0 Å². The van der Waals surface area contributed by atoms with E-state index in [1.807, 2.05) is 0 Å². The summed E-state index contributed by atoms with van der Waals surface area (Å²) in [7, 11) is 0. The SMILES string of the molecule is O=c1[nH]c(CNc2ncc(Cl)cc2Br)cs1. The van der Waals surface area contributed by atoms with Gasteiger partial charge in [0.15, 0.2) is 0 Å². The second-order valence-electron chi connectivity index (χ2n) is 3.01. The van der Waals surface area contributed by atoms with E-state index >= 15 is 0 Å². The summed E-state index contributed by atoms with van der Waals surface area (Å²) >= 11 is 10.3. The van der Waals surface area contributed by atoms with Crippen LogP contribution >= 0.6 is 38.9 Å². The number of H-pyrrole nitrogens is 1. The average molecular weight is 321 g/mol. The summed E-state index contributed by atoms with van der Waals surface area (Å²) in [5, 5.41) is 5.44. The summed E-state index contributed by atoms with van der Waals surface area (Å²) in [6, 6.07) is 1.76. The molecule has 0 aliphatic carbocycles. The van der Waals surface area contributed by atoms with Gasteiger partial charge in [0, 0.05) is 17.3 Å². The van der Waals surface area contributed by atoms with Gasteiger partial charge in [-0.15, -0.1) is 0 Å². The maximum absolute atomic E-state index is 10.9. The molecule has 2 heterocycles. The number of rotatable bonds is 3. The number of anilines is 1. The van der Waals surface area contributed by atoms with Gasteiger partial charge in [-0.2, -0.15) is 0 Å². The van der Waals surface area contributed by atoms with Gasteiger partial charge in [0.05, 0.1) is 16.0 Å². The minimum atomic E-state index is -0.0556. The van der Waals surface area contributed by atoms with Gasteiger partial charge in [0.1, 0.15) is 5.82 Å². The molecule has 0 saturated carbocycles. The highest BCUT2D eigenvalue weighted by atomic mass is 79.9. The molecule has 0 radical (unpaired) electrons. The maximum Gasteiger partial charge on any atom is 0.304 e. The molecule has 2 rings (SSSR count). The molecule has 84 valence electrons. The molecule has 2 aromatic heterocycles. The molecule has 0 spiro atoms. The monoisotopic (exact) mass is 319 g/mol. The number of nitrogens with one attached hydrogen (secondary N) is 2. The van der Waals surface area contributed by atoms with Crippen molar-refractivity contribution in [2.24, 2.45) is 0 Å². The van der Waals surface area contributed by atoms with Crippen molar-refractivity contribution in [2.75, 3.05) is 5.32 Å². The van der Waals surface area contributed by atoms with Crippen LogP contribution in [0.4, 0.5) is 5.82 Å². The van der Waals surface area contributed by atoms with Crippen LogP contribution in [0.25, 0.3) is 0 Å². The molecule has 0 unspecified atom stereocenters. The van der Waals surface area contributed by atoms with Crippen LogP contribution in [0.1, 0.15) is 5.69 Å². The average Bonchev–Trinajstić information content (AvgIpc) is 2.63. The van der Waals surface area contributed by atoms with Crippen LogP contribution in [0.2, 0.25) is 5.02 Å². The predicted molar refractivity (Wildman–Crippen MR) is 69.2 cm³/mol. The van der Waals surface area contributed by atoms with Gasteiger partial charge in [-0.3, -0.25) is 4.79 Å². The third-order valence-electron chi connectivity index (χ3n) is 1.82. The molecule has 0 atom stereocenters. The van der Waals surface area contributed by atoms with Gasteiger partial charge in [-0.1, -0.05) is 22.9 Å². The predicted octanol–water partition coefficient (Wildman–Crippen LogP) is 2.86. The zero-order chi connectivity index (χ0) is 11.5. The van der Waals surface area contributed by atoms with Crippen molar-refractivity contribution in [3.05, 3.63) is 42.5 Å². The Morgan fingerprint density at radius 2 is 2.44 bits per heavy atom. The Hall–Kier alpha value is -0.850. The fourth-order valence-electron chi connectivity index (χ4n) is 1.12. The summed E-state index contributed by atoms with van der Waals surface area (Å²) in [5.41, 5.74) is 0.832. The summed E-state index contributed by atoms with van der Waals surface area (Å²) in [6.45, 7) is 0.520. The number of aromatic amines is 1. The quantitative estimate of drug-likeness (QED) is 0.914. The van der Waals surface area contributed by atoms with E-state index in [2.05, 4.69) is 31.2 Å². The molecular weight excluding hydrogens is 314 g/mol. The Bertz CT molecular complexity index is 554. The normalized spacial score (nSPS) is 10.4. The van der Waals surface area contributed by atoms with E-state index in [4.69, 9.17) is 11.6 Å². The second-order valence-corrected chi connectivity index (χ2v) is 5.14. The number of hydrogen-bond acceptors (Lipinski definition) is 4. The molecule has 0 amide bonds. The molecule has 7 heteroatoms. The Kier molecular flexibility index (Phi) is 3.63. The lowest BCUT2D eigenvalue weighted by atomic mass is 10.4. The van der Waals surface area contributed by atoms with Gasteiger partial charge in [-0.05, 0) is 22.0 Å². The zero-order valence-corrected chi connectivity index (χ0v) is 11.1. The molecule has 0 aliphatic rings. The largest absolute Gasteiger partial charge is 0.364 e. The van der Waals surface area contributed by atoms with E-state index in [0.29, 0.717) is 17.4 Å². The first-order valence-corrected chi connectivity index (χ1v) is 6.42. The van der Waals surface area contributed by atoms with E-state index in [1.165, 1.54) is 0 Å². The van der Waals surface area contributed by atoms with Crippen LogP contribution in [0.15, 0.2) is 26.9 Å². The van der Waals surface area contributed by atoms with Gasteiger partial charge in [0.2, 0.25) is 0 Å². The van der Waals surface area contributed by atoms with Crippen molar-refractivity contribution < 1.29 is 0 Å². The van der Waals surface area contributed by atoms with Gasteiger partial charge >= 0.3 is 4.87 Å². The van der Waals surface area contributed by atoms with Crippen molar-refractivity contribution >= 4 is 44.7 Å². The number of halogens is 2. The molecule has 0 saturated heterocycles. The molecule has 0 aliphatic heterocycles. The summed E-state index contributed by atoms with van der Waals surface area (Å²) in [5.74, 6) is 0.691. The highest BCUT2D eigenvalue weighted by Crippen LogP contribution is 2.23. The van der Waals surface area contributed by atoms with Crippen LogP contribution in [-0.2, 0) is 6.54 Å². The Balaban J connectivity index is 2.07. The minimum Gasteiger partial charge on any atom is -0.364 e. The van der Waals surface area contributed by atoms with Crippen molar-refractivity contribution in [3.63, 3.8) is 0 Å². The number of thiazole rings is 1. The zero-order valence-electron chi connectivity index (χ0n) is 7.96. The smallest absolute Gasteiger partial charge is 0.304 e. The van der Waals surface area contributed by atoms with Crippen molar-refractivity contribution in [2.45, 2.75) is 6.54 Å². The van der Waals surface area contributed by atoms with Crippen molar-refractivity contribution in [1.29, 1.82) is 0 Å². The summed E-state index contributed by atoms with van der Waals surface area (Å²) in [4.78, 5) is 17.7. The van der Waals surface area contributed by atoms with Crippen LogP contribution in [0, 0.1) is 0 Å². The van der Waals surface area contributed by atoms with E-state index < -0.39 is 0 Å². The molecule has 0 aromatic carbocycles. The third-order valence-corrected chi connectivity index (χ3v) is 3.35. The number of nitrogens with zero attached hydrogens (tertiary/aromatic N) is 1. The fourth-order valence-corrected chi connectivity index (χ4v) is 2.48. The summed E-state index contributed by atoms with van der Waals surface area (Å²) in [6.07, 6.45) is 1.56. The molecule has 0 fully saturated rings. The van der Waals surface area contributed by atoms with Crippen LogP contribution in [0.3, 0.4) is 0 Å². The van der Waals surface area contributed by atoms with E-state index in [1.54, 1.807) is 17.6 Å². The molecule has 2 N–H and O–H groups in total. The van der Waals surface area contributed by atoms with E-state index in [-0.39, 0.29) is 4.87 Å². The summed E-state index contributed by atoms with van der Waals surface area (Å²) < 4.78 is 0.789. The van der Waals surface area contributed by atoms with Crippen molar-refractivity contribution in [1.82, 2.24) is 9.97 Å². The van der Waals surface area contributed by atoms with E-state index in [0.717, 1.165) is 21.5 Å². The minimum absolute atomic E-state index is 0.0556. The molecule has 16 heavy (non-hydrogen) atoms. The van der Waals surface area contributed by atoms with Gasteiger partial charge < -0.3 is 10.3 Å². The lowest BCUT2D eigenvalue weighted by molar-refractivity contribution is 1.04. The fraction of sp³-hybridized carbons (Fsp3) is 0.111. The highest BCUT2D eigenvalue weighted by molar-refractivity contribution is 9.10. The molecule has 2 aromatic rings. The molecule has 0 bridgehead atoms. The van der Waals surface area contributed by atoms with Crippen LogP contribution < -0.4 is 10.2 Å². The number of hydrogen-bond donors (Lipinski definition) is 2. The number of pyridine rings is 1. The first kappa shape index (κ1) is 11.6. The third kappa shape index (κ3) is 2.84. The topological polar surface area (TPSA) is 57.8 Å². The van der Waals surface area contributed by atoms with Crippen LogP contribution in [-0.4, -0.2) is 9.97 Å². The first-order chi connectivity index (χ1) is 7.65. The molecular formula is C9H7BrClN3OS. The number of aromatic nitrogens is 2. The van der Waals surface area contributed by atoms with Gasteiger partial charge in [0.25, 0.3) is 0 Å². The second kappa shape index (κ2) is 4.99. The Morgan fingerprint density at radius 1 is 1.62 bits per heavy atom. The lowest BCUT2D eigenvalue weighted by Crippen LogP contribution is -2.04. The molecule has 4 nitrogen and oxygen atoms in total. The Labute approximate surface area is 109 Å². The lowest BCUT2D eigenvalue weighted by Gasteiger charge is -2.05. The first-order valence-electron chi connectivity index (χ1n) is 4.37. The maximum atomic E-state index is 10.9. The standard InChI is InChI=1S/C9H7BrClN3OS/c10-7-1-5(11)2-12-8(7)13-3-6-4-16-9(15)14-6/h1-2,4H,3H2,(H,12,13)(H,14,15). The van der Waals surface area contributed by atoms with Crippen LogP contribution in [0.5, 0.6) is 0 Å². The highest BCUT2D eigenvalue weighted by Gasteiger charge is 2.02.